The van der Waals surface area contributed by atoms with Crippen molar-refractivity contribution in [2.45, 2.75) is 59.4 Å². The summed E-state index contributed by atoms with van der Waals surface area (Å²) in [5.74, 6) is 5.40. The number of hydrogen-bond donors (Lipinski definition) is 2. The molecule has 34 heavy (non-hydrogen) atoms. The molecule has 2 fully saturated rings. The fourth-order valence-electron chi connectivity index (χ4n) is 8.47. The molecule has 2 saturated carbocycles. The molecule has 0 unspecified atom stereocenters. The molecule has 0 saturated heterocycles. The van der Waals surface area contributed by atoms with Crippen LogP contribution >= 0.6 is 0 Å². The van der Waals surface area contributed by atoms with Crippen molar-refractivity contribution in [1.82, 2.24) is 9.78 Å². The third kappa shape index (κ3) is 3.89. The van der Waals surface area contributed by atoms with Gasteiger partial charge in [0.15, 0.2) is 0 Å². The first-order chi connectivity index (χ1) is 16.4. The molecular weight excluding hydrogens is 422 g/mol. The van der Waals surface area contributed by atoms with Crippen LogP contribution in [0.25, 0.3) is 0 Å². The normalized spacial score (nSPS) is 37.3. The van der Waals surface area contributed by atoms with Gasteiger partial charge in [-0.3, -0.25) is 4.68 Å². The lowest BCUT2D eigenvalue weighted by Gasteiger charge is -2.55. The molecule has 0 radical (unpaired) electrons. The van der Waals surface area contributed by atoms with E-state index in [1.807, 2.05) is 12.1 Å². The quantitative estimate of drug-likeness (QED) is 0.657. The van der Waals surface area contributed by atoms with Gasteiger partial charge in [-0.2, -0.15) is 5.10 Å². The minimum absolute atomic E-state index is 0.0603. The molecule has 0 spiro atoms. The number of aliphatic hydroxyl groups is 1. The molecule has 3 N–H and O–H groups in total. The van der Waals surface area contributed by atoms with Crippen molar-refractivity contribution < 1.29 is 9.84 Å². The van der Waals surface area contributed by atoms with Crippen LogP contribution in [0.3, 0.4) is 0 Å². The van der Waals surface area contributed by atoms with Crippen molar-refractivity contribution in [2.75, 3.05) is 20.3 Å². The highest BCUT2D eigenvalue weighted by Crippen LogP contribution is 2.59. The topological polar surface area (TPSA) is 73.3 Å². The first-order valence-electron chi connectivity index (χ1n) is 13.4. The highest BCUT2D eigenvalue weighted by molar-refractivity contribution is 5.30. The molecule has 0 bridgehead atoms. The summed E-state index contributed by atoms with van der Waals surface area (Å²) in [6, 6.07) is 8.23. The lowest BCUT2D eigenvalue weighted by molar-refractivity contribution is -0.0608. The molecule has 8 atom stereocenters. The van der Waals surface area contributed by atoms with E-state index in [1.54, 1.807) is 7.11 Å². The van der Waals surface area contributed by atoms with Crippen LogP contribution in [0.5, 0.6) is 5.75 Å². The van der Waals surface area contributed by atoms with E-state index in [1.165, 1.54) is 36.1 Å². The molecule has 2 aromatic rings. The fraction of sp³-hybridized carbons (Fsp3) is 0.690. The largest absolute Gasteiger partial charge is 0.497 e. The summed E-state index contributed by atoms with van der Waals surface area (Å²) in [5, 5.41) is 15.4. The van der Waals surface area contributed by atoms with E-state index in [9.17, 15) is 5.11 Å². The summed E-state index contributed by atoms with van der Waals surface area (Å²) >= 11 is 0. The van der Waals surface area contributed by atoms with Gasteiger partial charge in [-0.05, 0) is 102 Å². The van der Waals surface area contributed by atoms with Gasteiger partial charge >= 0.3 is 0 Å². The number of rotatable bonds is 6. The Labute approximate surface area is 205 Å². The Morgan fingerprint density at radius 3 is 2.62 bits per heavy atom. The van der Waals surface area contributed by atoms with Gasteiger partial charge in [0.25, 0.3) is 0 Å². The molecule has 1 aromatic carbocycles. The highest BCUT2D eigenvalue weighted by Gasteiger charge is 2.55. The third-order valence-electron chi connectivity index (χ3n) is 10.3. The number of aliphatic hydroxyl groups excluding tert-OH is 1. The second-order valence-corrected chi connectivity index (χ2v) is 11.9. The lowest BCUT2D eigenvalue weighted by Crippen LogP contribution is -2.53. The second kappa shape index (κ2) is 9.31. The third-order valence-corrected chi connectivity index (χ3v) is 10.3. The lowest BCUT2D eigenvalue weighted by atomic mass is 9.50. The van der Waals surface area contributed by atoms with Gasteiger partial charge in [-0.1, -0.05) is 39.3 Å². The zero-order valence-electron chi connectivity index (χ0n) is 21.4. The number of hydrogen-bond acceptors (Lipinski definition) is 4. The Hall–Kier alpha value is -1.85. The number of ether oxygens (including phenoxy) is 1. The molecule has 5 heteroatoms. The van der Waals surface area contributed by atoms with Gasteiger partial charge in [0, 0.05) is 12.3 Å². The predicted octanol–water partition coefficient (Wildman–Crippen LogP) is 4.55. The van der Waals surface area contributed by atoms with Crippen LogP contribution in [-0.2, 0) is 19.4 Å². The van der Waals surface area contributed by atoms with Gasteiger partial charge in [-0.25, -0.2) is 0 Å². The summed E-state index contributed by atoms with van der Waals surface area (Å²) in [5.41, 5.74) is 10.5. The second-order valence-electron chi connectivity index (χ2n) is 11.9. The van der Waals surface area contributed by atoms with Crippen molar-refractivity contribution in [3.8, 4) is 5.75 Å². The first-order valence-corrected chi connectivity index (χ1v) is 13.4. The van der Waals surface area contributed by atoms with Gasteiger partial charge < -0.3 is 15.6 Å². The summed E-state index contributed by atoms with van der Waals surface area (Å²) in [6.45, 7) is 9.16. The zero-order chi connectivity index (χ0) is 24.0. The van der Waals surface area contributed by atoms with Crippen LogP contribution in [0.4, 0.5) is 0 Å². The van der Waals surface area contributed by atoms with E-state index >= 15 is 0 Å². The van der Waals surface area contributed by atoms with Gasteiger partial charge in [0.2, 0.25) is 0 Å². The van der Waals surface area contributed by atoms with Crippen molar-refractivity contribution in [2.24, 2.45) is 52.6 Å². The number of nitrogens with two attached hydrogens (primary N) is 1. The molecule has 0 amide bonds. The smallest absolute Gasteiger partial charge is 0.118 e. The molecule has 5 nitrogen and oxygen atoms in total. The zero-order valence-corrected chi connectivity index (χ0v) is 21.4. The molecule has 5 rings (SSSR count). The standard InChI is InChI=1S/C29H43N3O2/c1-18-5-10-24-25(14-30)26(11-19(2)28(18)24)29(3)13-21-15-31-32(27(21)12-22(29)17-33)16-20-6-8-23(34-4)9-7-20/h6-9,15,18-19,22,24-26,28,33H,5,10-14,16-17,30H2,1-4H3/t18-,19+,22+,24+,25-,26-,28+,29-/m0/s1. The fourth-order valence-corrected chi connectivity index (χ4v) is 8.47. The molecule has 1 heterocycles. The highest BCUT2D eigenvalue weighted by atomic mass is 16.5. The molecule has 3 aliphatic carbocycles. The van der Waals surface area contributed by atoms with Crippen molar-refractivity contribution in [1.29, 1.82) is 0 Å². The summed E-state index contributed by atoms with van der Waals surface area (Å²) in [4.78, 5) is 0. The van der Waals surface area contributed by atoms with Crippen LogP contribution < -0.4 is 10.5 Å². The van der Waals surface area contributed by atoms with E-state index in [-0.39, 0.29) is 17.9 Å². The maximum absolute atomic E-state index is 10.6. The molecule has 186 valence electrons. The Morgan fingerprint density at radius 1 is 1.18 bits per heavy atom. The van der Waals surface area contributed by atoms with Crippen LogP contribution in [0.2, 0.25) is 0 Å². The van der Waals surface area contributed by atoms with Crippen molar-refractivity contribution >= 4 is 0 Å². The van der Waals surface area contributed by atoms with Crippen molar-refractivity contribution in [3.05, 3.63) is 47.3 Å². The minimum atomic E-state index is 0.0603. The average molecular weight is 466 g/mol. The Bertz CT molecular complexity index is 986. The van der Waals surface area contributed by atoms with E-state index < -0.39 is 0 Å². The van der Waals surface area contributed by atoms with Gasteiger partial charge in [0.1, 0.15) is 5.75 Å². The summed E-state index contributed by atoms with van der Waals surface area (Å²) in [7, 11) is 1.70. The van der Waals surface area contributed by atoms with Crippen LogP contribution in [0, 0.1) is 46.8 Å². The Balaban J connectivity index is 1.42. The monoisotopic (exact) mass is 465 g/mol. The Morgan fingerprint density at radius 2 is 1.94 bits per heavy atom. The molecule has 0 aliphatic heterocycles. The predicted molar refractivity (Wildman–Crippen MR) is 136 cm³/mol. The Kier molecular flexibility index (Phi) is 6.54. The van der Waals surface area contributed by atoms with Crippen LogP contribution in [-0.4, -0.2) is 35.1 Å². The van der Waals surface area contributed by atoms with Crippen molar-refractivity contribution in [3.63, 3.8) is 0 Å². The maximum atomic E-state index is 10.6. The van der Waals surface area contributed by atoms with Crippen LogP contribution in [0.15, 0.2) is 30.5 Å². The first kappa shape index (κ1) is 23.9. The van der Waals surface area contributed by atoms with Gasteiger partial charge in [0.05, 0.1) is 19.9 Å². The minimum Gasteiger partial charge on any atom is -0.497 e. The summed E-state index contributed by atoms with van der Waals surface area (Å²) in [6.07, 6.45) is 7.91. The SMILES string of the molecule is COc1ccc(Cn2ncc3c2C[C@H](CO)[C@@](C)([C@H]2C[C@@H](C)[C@@H]4[C@H](CC[C@@H]4C)[C@@H]2CN)C3)cc1. The number of benzene rings is 1. The number of fused-ring (bicyclic) bond motifs is 2. The van der Waals surface area contributed by atoms with E-state index in [4.69, 9.17) is 15.6 Å². The maximum Gasteiger partial charge on any atom is 0.118 e. The number of aromatic nitrogens is 2. The van der Waals surface area contributed by atoms with E-state index in [0.29, 0.717) is 11.8 Å². The molecule has 1 aromatic heterocycles. The number of methoxy groups -OCH3 is 1. The number of nitrogens with zero attached hydrogens (tertiary/aromatic N) is 2. The van der Waals surface area contributed by atoms with E-state index in [2.05, 4.69) is 43.8 Å². The average Bonchev–Trinajstić information content (AvgIpc) is 3.42. The van der Waals surface area contributed by atoms with Gasteiger partial charge in [-0.15, -0.1) is 0 Å². The molecule has 3 aliphatic rings. The van der Waals surface area contributed by atoms with Crippen LogP contribution in [0.1, 0.15) is 56.9 Å². The molecular formula is C29H43N3O2. The summed E-state index contributed by atoms with van der Waals surface area (Å²) < 4.78 is 7.45. The van der Waals surface area contributed by atoms with E-state index in [0.717, 1.165) is 55.4 Å².